The van der Waals surface area contributed by atoms with Crippen LogP contribution in [0.3, 0.4) is 0 Å². The molecule has 0 N–H and O–H groups in total. The molecule has 1 nitrogen and oxygen atoms in total. The van der Waals surface area contributed by atoms with E-state index in [9.17, 15) is 4.79 Å². The summed E-state index contributed by atoms with van der Waals surface area (Å²) < 4.78 is 0. The molecule has 1 aromatic carbocycles. The second-order valence-corrected chi connectivity index (χ2v) is 5.72. The third-order valence-electron chi connectivity index (χ3n) is 3.63. The number of rotatable bonds is 2. The van der Waals surface area contributed by atoms with E-state index in [2.05, 4.69) is 26.0 Å². The Hall–Kier alpha value is -1.11. The van der Waals surface area contributed by atoms with Crippen molar-refractivity contribution in [2.75, 3.05) is 0 Å². The second-order valence-electron chi connectivity index (χ2n) is 5.72. The Morgan fingerprint density at radius 3 is 2.62 bits per heavy atom. The highest BCUT2D eigenvalue weighted by Crippen LogP contribution is 2.37. The Balaban J connectivity index is 2.06. The smallest absolute Gasteiger partial charge is 0.136 e. The van der Waals surface area contributed by atoms with Crippen molar-refractivity contribution in [1.29, 1.82) is 0 Å². The van der Waals surface area contributed by atoms with Crippen LogP contribution in [-0.2, 0) is 11.2 Å². The molecule has 1 aromatic rings. The van der Waals surface area contributed by atoms with E-state index in [1.54, 1.807) is 0 Å². The summed E-state index contributed by atoms with van der Waals surface area (Å²) in [5.41, 5.74) is 1.63. The number of benzene rings is 1. The van der Waals surface area contributed by atoms with Crippen molar-refractivity contribution in [2.45, 2.75) is 39.5 Å². The van der Waals surface area contributed by atoms with Gasteiger partial charge >= 0.3 is 0 Å². The van der Waals surface area contributed by atoms with Crippen LogP contribution in [0.1, 0.15) is 38.7 Å². The van der Waals surface area contributed by atoms with Crippen LogP contribution in [0.5, 0.6) is 0 Å². The van der Waals surface area contributed by atoms with E-state index in [-0.39, 0.29) is 5.92 Å². The van der Waals surface area contributed by atoms with Crippen LogP contribution < -0.4 is 0 Å². The highest BCUT2D eigenvalue weighted by Gasteiger charge is 2.33. The number of hydrogen-bond donors (Lipinski definition) is 0. The predicted molar refractivity (Wildman–Crippen MR) is 66.3 cm³/mol. The zero-order valence-corrected chi connectivity index (χ0v) is 10.2. The first-order valence-corrected chi connectivity index (χ1v) is 6.13. The van der Waals surface area contributed by atoms with Gasteiger partial charge in [0.1, 0.15) is 5.78 Å². The quantitative estimate of drug-likeness (QED) is 0.738. The largest absolute Gasteiger partial charge is 0.299 e. The molecule has 1 unspecified atom stereocenters. The number of Topliss-reactive ketones (excluding diaryl/α,β-unsaturated/α-hetero) is 1. The Bertz CT molecular complexity index is 364. The van der Waals surface area contributed by atoms with Gasteiger partial charge in [0.05, 0.1) is 0 Å². The van der Waals surface area contributed by atoms with Gasteiger partial charge in [-0.25, -0.2) is 0 Å². The first-order valence-electron chi connectivity index (χ1n) is 6.13. The lowest BCUT2D eigenvalue weighted by Gasteiger charge is -2.34. The lowest BCUT2D eigenvalue weighted by molar-refractivity contribution is -0.126. The van der Waals surface area contributed by atoms with Gasteiger partial charge in [0, 0.05) is 12.3 Å². The molecule has 1 aliphatic carbocycles. The Labute approximate surface area is 97.9 Å². The molecular weight excluding hydrogens is 196 g/mol. The van der Waals surface area contributed by atoms with Gasteiger partial charge in [-0.2, -0.15) is 0 Å². The maximum Gasteiger partial charge on any atom is 0.136 e. The molecule has 0 aromatic heterocycles. The van der Waals surface area contributed by atoms with Crippen LogP contribution in [0.2, 0.25) is 0 Å². The zero-order valence-electron chi connectivity index (χ0n) is 10.2. The van der Waals surface area contributed by atoms with E-state index in [1.807, 2.05) is 18.2 Å². The van der Waals surface area contributed by atoms with Gasteiger partial charge in [-0.3, -0.25) is 4.79 Å². The van der Waals surface area contributed by atoms with Crippen LogP contribution in [-0.4, -0.2) is 5.78 Å². The number of ketones is 1. The van der Waals surface area contributed by atoms with Crippen molar-refractivity contribution >= 4 is 5.78 Å². The van der Waals surface area contributed by atoms with Crippen molar-refractivity contribution in [3.63, 3.8) is 0 Å². The van der Waals surface area contributed by atoms with Crippen molar-refractivity contribution in [2.24, 2.45) is 11.3 Å². The standard InChI is InChI=1S/C15H20O/c1-15(2)9-8-14(16)13(11-15)10-12-6-4-3-5-7-12/h3-7,13H,8-11H2,1-2H3. The summed E-state index contributed by atoms with van der Waals surface area (Å²) in [6.45, 7) is 4.55. The molecule has 2 rings (SSSR count). The molecule has 16 heavy (non-hydrogen) atoms. The van der Waals surface area contributed by atoms with Crippen molar-refractivity contribution in [3.8, 4) is 0 Å². The lowest BCUT2D eigenvalue weighted by atomic mass is 9.70. The molecule has 0 saturated heterocycles. The lowest BCUT2D eigenvalue weighted by Crippen LogP contribution is -2.31. The molecule has 0 radical (unpaired) electrons. The van der Waals surface area contributed by atoms with Gasteiger partial charge < -0.3 is 0 Å². The van der Waals surface area contributed by atoms with E-state index in [4.69, 9.17) is 0 Å². The first-order chi connectivity index (χ1) is 7.57. The zero-order chi connectivity index (χ0) is 11.6. The van der Waals surface area contributed by atoms with Gasteiger partial charge in [-0.15, -0.1) is 0 Å². The third-order valence-corrected chi connectivity index (χ3v) is 3.63. The van der Waals surface area contributed by atoms with Gasteiger partial charge in [-0.1, -0.05) is 44.2 Å². The SMILES string of the molecule is CC1(C)CCC(=O)C(Cc2ccccc2)C1. The highest BCUT2D eigenvalue weighted by atomic mass is 16.1. The molecule has 1 fully saturated rings. The molecule has 0 heterocycles. The molecular formula is C15H20O. The monoisotopic (exact) mass is 216 g/mol. The van der Waals surface area contributed by atoms with Crippen molar-refractivity contribution < 1.29 is 4.79 Å². The molecule has 1 saturated carbocycles. The van der Waals surface area contributed by atoms with Gasteiger partial charge in [-0.05, 0) is 30.2 Å². The summed E-state index contributed by atoms with van der Waals surface area (Å²) in [4.78, 5) is 11.9. The van der Waals surface area contributed by atoms with Crippen LogP contribution in [0, 0.1) is 11.3 Å². The van der Waals surface area contributed by atoms with Gasteiger partial charge in [0.15, 0.2) is 0 Å². The second kappa shape index (κ2) is 4.40. The van der Waals surface area contributed by atoms with Crippen molar-refractivity contribution in [3.05, 3.63) is 35.9 Å². The average Bonchev–Trinajstić information content (AvgIpc) is 2.25. The Kier molecular flexibility index (Phi) is 3.13. The van der Waals surface area contributed by atoms with Gasteiger partial charge in [0.25, 0.3) is 0 Å². The first kappa shape index (κ1) is 11.4. The minimum atomic E-state index is 0.242. The molecule has 86 valence electrons. The predicted octanol–water partition coefficient (Wildman–Crippen LogP) is 3.62. The molecule has 1 aliphatic rings. The van der Waals surface area contributed by atoms with Crippen LogP contribution in [0.4, 0.5) is 0 Å². The fourth-order valence-electron chi connectivity index (χ4n) is 2.63. The summed E-state index contributed by atoms with van der Waals surface area (Å²) in [7, 11) is 0. The van der Waals surface area contributed by atoms with E-state index in [0.717, 1.165) is 25.7 Å². The fourth-order valence-corrected chi connectivity index (χ4v) is 2.63. The summed E-state index contributed by atoms with van der Waals surface area (Å²) in [5, 5.41) is 0. The van der Waals surface area contributed by atoms with Crippen LogP contribution in [0.25, 0.3) is 0 Å². The number of hydrogen-bond acceptors (Lipinski definition) is 1. The fraction of sp³-hybridized carbons (Fsp3) is 0.533. The minimum Gasteiger partial charge on any atom is -0.299 e. The van der Waals surface area contributed by atoms with Crippen LogP contribution >= 0.6 is 0 Å². The highest BCUT2D eigenvalue weighted by molar-refractivity contribution is 5.82. The van der Waals surface area contributed by atoms with Crippen LogP contribution in [0.15, 0.2) is 30.3 Å². The summed E-state index contributed by atoms with van der Waals surface area (Å²) >= 11 is 0. The molecule has 0 aliphatic heterocycles. The Morgan fingerprint density at radius 2 is 1.94 bits per heavy atom. The third kappa shape index (κ3) is 2.72. The summed E-state index contributed by atoms with van der Waals surface area (Å²) in [6.07, 6.45) is 3.78. The van der Waals surface area contributed by atoms with E-state index in [0.29, 0.717) is 11.2 Å². The average molecular weight is 216 g/mol. The summed E-state index contributed by atoms with van der Waals surface area (Å²) in [6, 6.07) is 10.4. The topological polar surface area (TPSA) is 17.1 Å². The molecule has 0 amide bonds. The maximum atomic E-state index is 11.9. The molecule has 0 bridgehead atoms. The van der Waals surface area contributed by atoms with Crippen molar-refractivity contribution in [1.82, 2.24) is 0 Å². The van der Waals surface area contributed by atoms with E-state index in [1.165, 1.54) is 5.56 Å². The molecule has 0 spiro atoms. The minimum absolute atomic E-state index is 0.242. The Morgan fingerprint density at radius 1 is 1.25 bits per heavy atom. The molecule has 1 atom stereocenters. The summed E-state index contributed by atoms with van der Waals surface area (Å²) in [5.74, 6) is 0.703. The maximum absolute atomic E-state index is 11.9. The number of carbonyl (C=O) groups excluding carboxylic acids is 1. The normalized spacial score (nSPS) is 24.4. The van der Waals surface area contributed by atoms with E-state index >= 15 is 0 Å². The van der Waals surface area contributed by atoms with Gasteiger partial charge in [0.2, 0.25) is 0 Å². The number of carbonyl (C=O) groups is 1. The molecule has 1 heteroatoms. The van der Waals surface area contributed by atoms with E-state index < -0.39 is 0 Å².